The van der Waals surface area contributed by atoms with Crippen molar-refractivity contribution in [1.29, 1.82) is 0 Å². The van der Waals surface area contributed by atoms with Crippen molar-refractivity contribution >= 4 is 47.6 Å². The molecule has 2 aliphatic rings. The van der Waals surface area contributed by atoms with E-state index in [4.69, 9.17) is 0 Å². The van der Waals surface area contributed by atoms with Gasteiger partial charge in [-0.05, 0) is 29.8 Å². The third-order valence-electron chi connectivity index (χ3n) is 4.96. The second kappa shape index (κ2) is 6.77. The molecule has 2 aromatic rings. The minimum Gasteiger partial charge on any atom is -0.350 e. The highest BCUT2D eigenvalue weighted by Crippen LogP contribution is 2.40. The van der Waals surface area contributed by atoms with Crippen LogP contribution in [0.25, 0.3) is 0 Å². The van der Waals surface area contributed by atoms with Gasteiger partial charge in [-0.15, -0.1) is 0 Å². The van der Waals surface area contributed by atoms with Crippen molar-refractivity contribution in [2.45, 2.75) is 21.1 Å². The predicted molar refractivity (Wildman–Crippen MR) is 105 cm³/mol. The Labute approximate surface area is 180 Å². The van der Waals surface area contributed by atoms with Gasteiger partial charge >= 0.3 is 0 Å². The summed E-state index contributed by atoms with van der Waals surface area (Å²) in [6, 6.07) is 4.61. The quantitative estimate of drug-likeness (QED) is 0.339. The van der Waals surface area contributed by atoms with E-state index in [1.807, 2.05) is 0 Å². The zero-order chi connectivity index (χ0) is 23.8. The average Bonchev–Trinajstić information content (AvgIpc) is 3.16. The zero-order valence-electron chi connectivity index (χ0n) is 15.4. The molecule has 1 aliphatic heterocycles. The lowest BCUT2D eigenvalue weighted by Gasteiger charge is -2.07. The molecule has 0 saturated carbocycles. The number of carbonyl (C=O) groups excluding carboxylic acids is 2. The van der Waals surface area contributed by atoms with E-state index in [0.717, 1.165) is 6.07 Å². The molecule has 0 unspecified atom stereocenters. The predicted octanol–water partition coefficient (Wildman–Crippen LogP) is 0.728. The molecule has 2 aromatic carbocycles. The summed E-state index contributed by atoms with van der Waals surface area (Å²) < 4.78 is 97.9. The van der Waals surface area contributed by atoms with Crippen molar-refractivity contribution in [3.05, 3.63) is 58.3 Å². The number of fused-ring (bicyclic) bond motifs is 2. The van der Waals surface area contributed by atoms with Crippen LogP contribution in [-0.4, -0.2) is 50.5 Å². The fraction of sp³-hybridized carbons (Fsp3) is 0.0588. The highest BCUT2D eigenvalue weighted by Gasteiger charge is 2.39. The van der Waals surface area contributed by atoms with Crippen LogP contribution in [0.4, 0.5) is 5.69 Å². The fourth-order valence-electron chi connectivity index (χ4n) is 3.60. The molecule has 32 heavy (non-hydrogen) atoms. The number of hydrogen-bond donors (Lipinski definition) is 4. The van der Waals surface area contributed by atoms with E-state index >= 15 is 0 Å². The highest BCUT2D eigenvalue weighted by atomic mass is 32.2. The molecular formula is C17H11NO11S3. The van der Waals surface area contributed by atoms with Gasteiger partial charge in [-0.2, -0.15) is 25.3 Å². The summed E-state index contributed by atoms with van der Waals surface area (Å²) in [6.07, 6.45) is -0.529. The number of anilines is 1. The summed E-state index contributed by atoms with van der Waals surface area (Å²) in [7, 11) is -14.7. The number of ketones is 2. The molecule has 1 aliphatic carbocycles. The molecule has 0 aromatic heterocycles. The summed E-state index contributed by atoms with van der Waals surface area (Å²) in [5, 5.41) is 2.46. The summed E-state index contributed by atoms with van der Waals surface area (Å²) in [6.45, 7) is 0. The Balaban J connectivity index is 1.94. The second-order valence-electron chi connectivity index (χ2n) is 6.87. The smallest absolute Gasteiger partial charge is 0.296 e. The number of Topliss-reactive ketones (excluding diaryl/α,β-unsaturated/α-hetero) is 2. The third-order valence-corrected chi connectivity index (χ3v) is 7.61. The first-order chi connectivity index (χ1) is 14.6. The molecule has 0 radical (unpaired) electrons. The summed E-state index contributed by atoms with van der Waals surface area (Å²) in [5.41, 5.74) is -2.02. The molecule has 0 saturated heterocycles. The maximum Gasteiger partial charge on any atom is 0.296 e. The molecule has 12 nitrogen and oxygen atoms in total. The first-order valence-electron chi connectivity index (χ1n) is 8.42. The molecule has 15 heteroatoms. The number of allylic oxidation sites excluding steroid dienone is 2. The van der Waals surface area contributed by atoms with Crippen LogP contribution in [0.1, 0.15) is 26.3 Å². The van der Waals surface area contributed by atoms with E-state index in [0.29, 0.717) is 12.1 Å². The molecule has 0 atom stereocenters. The molecule has 0 bridgehead atoms. The van der Waals surface area contributed by atoms with Crippen LogP contribution in [0.5, 0.6) is 0 Å². The van der Waals surface area contributed by atoms with Crippen molar-refractivity contribution in [3.8, 4) is 0 Å². The number of hydrogen-bond acceptors (Lipinski definition) is 9. The van der Waals surface area contributed by atoms with E-state index in [-0.39, 0.29) is 22.4 Å². The molecule has 4 rings (SSSR count). The standard InChI is InChI=1S/C17H11NO11S3/c19-16-10-4-7(30(21,22)23)5-13(32(27,28)29)9(10)6-11(16)15-17(20)8-2-1-3-12(14(8)18-15)31(24,25)26/h1-5,18H,6H2,(H,21,22,23)(H,24,25,26)(H,27,28,29)/b15-11-. The SMILES string of the molecule is O=C1/C(=C2\Nc3c(cccc3S(=O)(=O)O)C2=O)Cc2c1cc(S(=O)(=O)O)cc2S(=O)(=O)O. The Hall–Kier alpha value is -2.95. The molecular weight excluding hydrogens is 490 g/mol. The van der Waals surface area contributed by atoms with Gasteiger partial charge in [-0.25, -0.2) is 0 Å². The number of benzene rings is 2. The lowest BCUT2D eigenvalue weighted by molar-refractivity contribution is 0.101. The van der Waals surface area contributed by atoms with Gasteiger partial charge in [0.25, 0.3) is 30.4 Å². The van der Waals surface area contributed by atoms with Crippen molar-refractivity contribution in [2.24, 2.45) is 0 Å². The van der Waals surface area contributed by atoms with Crippen molar-refractivity contribution in [1.82, 2.24) is 0 Å². The highest BCUT2D eigenvalue weighted by molar-refractivity contribution is 7.86. The molecule has 1 heterocycles. The Kier molecular flexibility index (Phi) is 4.71. The first kappa shape index (κ1) is 22.3. The molecule has 4 N–H and O–H groups in total. The van der Waals surface area contributed by atoms with Crippen LogP contribution in [0.2, 0.25) is 0 Å². The van der Waals surface area contributed by atoms with Gasteiger partial charge < -0.3 is 5.32 Å². The Morgan fingerprint density at radius 1 is 0.750 bits per heavy atom. The van der Waals surface area contributed by atoms with Gasteiger partial charge in [-0.3, -0.25) is 23.2 Å². The van der Waals surface area contributed by atoms with Gasteiger partial charge in [0.2, 0.25) is 5.78 Å². The molecule has 0 amide bonds. The summed E-state index contributed by atoms with van der Waals surface area (Å²) in [4.78, 5) is 23.2. The normalized spacial score (nSPS) is 18.5. The number of para-hydroxylation sites is 1. The topological polar surface area (TPSA) is 209 Å². The second-order valence-corrected chi connectivity index (χ2v) is 11.1. The minimum absolute atomic E-state index is 0.181. The largest absolute Gasteiger partial charge is 0.350 e. The van der Waals surface area contributed by atoms with Gasteiger partial charge in [-0.1, -0.05) is 6.07 Å². The zero-order valence-corrected chi connectivity index (χ0v) is 17.9. The van der Waals surface area contributed by atoms with Crippen LogP contribution >= 0.6 is 0 Å². The van der Waals surface area contributed by atoms with Crippen LogP contribution < -0.4 is 5.32 Å². The lowest BCUT2D eigenvalue weighted by atomic mass is 10.1. The summed E-state index contributed by atoms with van der Waals surface area (Å²) in [5.74, 6) is -1.81. The first-order valence-corrected chi connectivity index (χ1v) is 12.7. The maximum atomic E-state index is 12.9. The Morgan fingerprint density at radius 2 is 1.38 bits per heavy atom. The molecule has 168 valence electrons. The van der Waals surface area contributed by atoms with E-state index in [9.17, 15) is 48.5 Å². The Morgan fingerprint density at radius 3 is 1.94 bits per heavy atom. The van der Waals surface area contributed by atoms with Crippen molar-refractivity contribution in [3.63, 3.8) is 0 Å². The van der Waals surface area contributed by atoms with Crippen molar-refractivity contribution in [2.75, 3.05) is 5.32 Å². The Bertz CT molecular complexity index is 1620. The van der Waals surface area contributed by atoms with E-state index in [2.05, 4.69) is 5.32 Å². The fourth-order valence-corrected chi connectivity index (χ4v) is 5.65. The van der Waals surface area contributed by atoms with Crippen LogP contribution in [0.15, 0.2) is 56.3 Å². The van der Waals surface area contributed by atoms with Crippen LogP contribution in [-0.2, 0) is 36.8 Å². The number of nitrogens with one attached hydrogen (secondary N) is 1. The van der Waals surface area contributed by atoms with E-state index in [1.165, 1.54) is 12.1 Å². The third kappa shape index (κ3) is 3.44. The molecule has 0 fully saturated rings. The van der Waals surface area contributed by atoms with Gasteiger partial charge in [0.15, 0.2) is 5.78 Å². The lowest BCUT2D eigenvalue weighted by Crippen LogP contribution is -2.10. The minimum atomic E-state index is -5.04. The van der Waals surface area contributed by atoms with Crippen LogP contribution in [0, 0.1) is 0 Å². The number of rotatable bonds is 3. The van der Waals surface area contributed by atoms with E-state index in [1.54, 1.807) is 0 Å². The molecule has 0 spiro atoms. The van der Waals surface area contributed by atoms with Crippen LogP contribution in [0.3, 0.4) is 0 Å². The summed E-state index contributed by atoms with van der Waals surface area (Å²) >= 11 is 0. The number of carbonyl (C=O) groups is 2. The van der Waals surface area contributed by atoms with Gasteiger partial charge in [0.1, 0.15) is 4.90 Å². The van der Waals surface area contributed by atoms with Gasteiger partial charge in [0, 0.05) is 23.1 Å². The monoisotopic (exact) mass is 501 g/mol. The van der Waals surface area contributed by atoms with E-state index < -0.39 is 74.3 Å². The average molecular weight is 501 g/mol. The maximum absolute atomic E-state index is 12.9. The van der Waals surface area contributed by atoms with Gasteiger partial charge in [0.05, 0.1) is 21.2 Å². The van der Waals surface area contributed by atoms with Crippen molar-refractivity contribution < 1.29 is 48.5 Å².